The molecule has 114 valence electrons. The number of halogens is 3. The van der Waals surface area contributed by atoms with E-state index >= 15 is 0 Å². The lowest BCUT2D eigenvalue weighted by atomic mass is 10.0. The number of hydrogen-bond acceptors (Lipinski definition) is 1. The monoisotopic (exact) mass is 306 g/mol. The normalized spacial score (nSPS) is 12.3. The molecule has 1 aliphatic carbocycles. The molecule has 0 spiro atoms. The van der Waals surface area contributed by atoms with Crippen LogP contribution < -0.4 is 0 Å². The van der Waals surface area contributed by atoms with Gasteiger partial charge in [-0.1, -0.05) is 60.7 Å². The first-order valence-electron chi connectivity index (χ1n) is 6.52. The van der Waals surface area contributed by atoms with E-state index in [0.717, 1.165) is 6.42 Å². The molecule has 0 unspecified atom stereocenters. The molecule has 1 aliphatic rings. The highest BCUT2D eigenvalue weighted by Gasteiger charge is 2.38. The Kier molecular flexibility index (Phi) is 4.65. The van der Waals surface area contributed by atoms with Crippen LogP contribution in [0.3, 0.4) is 0 Å². The van der Waals surface area contributed by atoms with Gasteiger partial charge in [0, 0.05) is 0 Å². The van der Waals surface area contributed by atoms with Crippen molar-refractivity contribution < 1.29 is 23.1 Å². The number of benzene rings is 2. The number of fused-ring (bicyclic) bond motifs is 2. The van der Waals surface area contributed by atoms with E-state index in [1.807, 2.05) is 0 Å². The summed E-state index contributed by atoms with van der Waals surface area (Å²) >= 11 is 0. The average Bonchev–Trinajstić information content (AvgIpc) is 2.66. The second kappa shape index (κ2) is 6.47. The van der Waals surface area contributed by atoms with Crippen LogP contribution in [0.2, 0.25) is 0 Å². The van der Waals surface area contributed by atoms with Gasteiger partial charge in [0.2, 0.25) is 0 Å². The molecule has 2 aromatic carbocycles. The number of hydrogen-bond donors (Lipinski definition) is 1. The van der Waals surface area contributed by atoms with Crippen LogP contribution >= 0.6 is 0 Å². The topological polar surface area (TPSA) is 37.3 Å². The molecule has 0 bridgehead atoms. The maximum atomic E-state index is 10.6. The summed E-state index contributed by atoms with van der Waals surface area (Å²) < 4.78 is 31.7. The molecular formula is C17H13F3O2. The number of aliphatic carboxylic acids is 1. The van der Waals surface area contributed by atoms with E-state index in [-0.39, 0.29) is 0 Å². The summed E-state index contributed by atoms with van der Waals surface area (Å²) in [7, 11) is 0. The zero-order chi connectivity index (χ0) is 16.2. The van der Waals surface area contributed by atoms with Gasteiger partial charge < -0.3 is 5.11 Å². The van der Waals surface area contributed by atoms with Crippen molar-refractivity contribution in [2.45, 2.75) is 12.6 Å². The van der Waals surface area contributed by atoms with Gasteiger partial charge in [-0.2, -0.15) is 13.2 Å². The third kappa shape index (κ3) is 3.97. The molecule has 0 heterocycles. The van der Waals surface area contributed by atoms with Crippen molar-refractivity contribution in [2.75, 3.05) is 0 Å². The Balaban J connectivity index is 0.000000217. The van der Waals surface area contributed by atoms with Gasteiger partial charge in [0.05, 0.1) is 0 Å². The minimum Gasteiger partial charge on any atom is -0.475 e. The van der Waals surface area contributed by atoms with E-state index in [9.17, 15) is 13.2 Å². The van der Waals surface area contributed by atoms with Gasteiger partial charge in [-0.15, -0.1) is 0 Å². The maximum absolute atomic E-state index is 10.6. The summed E-state index contributed by atoms with van der Waals surface area (Å²) in [5.74, 6) is -2.76. The van der Waals surface area contributed by atoms with Crippen LogP contribution in [0, 0.1) is 0 Å². The SMILES string of the molecule is C1=Cc2ccccc2Cc2ccccc21.O=C(O)C(F)(F)F. The third-order valence-corrected chi connectivity index (χ3v) is 3.18. The molecule has 3 rings (SSSR count). The van der Waals surface area contributed by atoms with Gasteiger partial charge in [0.1, 0.15) is 0 Å². The van der Waals surface area contributed by atoms with Gasteiger partial charge in [-0.3, -0.25) is 0 Å². The lowest BCUT2D eigenvalue weighted by Crippen LogP contribution is -2.21. The van der Waals surface area contributed by atoms with E-state index in [0.29, 0.717) is 0 Å². The van der Waals surface area contributed by atoms with E-state index in [1.54, 1.807) is 0 Å². The van der Waals surface area contributed by atoms with Gasteiger partial charge in [-0.05, 0) is 28.7 Å². The van der Waals surface area contributed by atoms with Crippen molar-refractivity contribution >= 4 is 18.1 Å². The summed E-state index contributed by atoms with van der Waals surface area (Å²) in [5.41, 5.74) is 5.51. The zero-order valence-corrected chi connectivity index (χ0v) is 11.5. The van der Waals surface area contributed by atoms with Crippen LogP contribution in [0.4, 0.5) is 13.2 Å². The minimum absolute atomic E-state index is 1.04. The Labute approximate surface area is 125 Å². The summed E-state index contributed by atoms with van der Waals surface area (Å²) in [4.78, 5) is 8.90. The highest BCUT2D eigenvalue weighted by Crippen LogP contribution is 2.24. The van der Waals surface area contributed by atoms with E-state index in [4.69, 9.17) is 9.90 Å². The quantitative estimate of drug-likeness (QED) is 0.668. The predicted octanol–water partition coefficient (Wildman–Crippen LogP) is 4.39. The second-order valence-electron chi connectivity index (χ2n) is 4.71. The van der Waals surface area contributed by atoms with Gasteiger partial charge in [0.25, 0.3) is 0 Å². The lowest BCUT2D eigenvalue weighted by Gasteiger charge is -2.04. The lowest BCUT2D eigenvalue weighted by molar-refractivity contribution is -0.192. The molecule has 5 heteroatoms. The van der Waals surface area contributed by atoms with Gasteiger partial charge in [-0.25, -0.2) is 4.79 Å². The number of rotatable bonds is 0. The Morgan fingerprint density at radius 1 is 0.864 bits per heavy atom. The Morgan fingerprint density at radius 2 is 1.23 bits per heavy atom. The fraction of sp³-hybridized carbons (Fsp3) is 0.118. The largest absolute Gasteiger partial charge is 0.490 e. The molecule has 0 saturated carbocycles. The van der Waals surface area contributed by atoms with Gasteiger partial charge >= 0.3 is 12.1 Å². The van der Waals surface area contributed by atoms with E-state index in [1.165, 1.54) is 22.3 Å². The molecular weight excluding hydrogens is 293 g/mol. The molecule has 0 saturated heterocycles. The van der Waals surface area contributed by atoms with Crippen LogP contribution in [0.1, 0.15) is 22.3 Å². The Bertz CT molecular complexity index is 656. The van der Waals surface area contributed by atoms with Crippen LogP contribution in [0.15, 0.2) is 48.5 Å². The van der Waals surface area contributed by atoms with E-state index in [2.05, 4.69) is 60.7 Å². The smallest absolute Gasteiger partial charge is 0.475 e. The number of carboxylic acids is 1. The van der Waals surface area contributed by atoms with Gasteiger partial charge in [0.15, 0.2) is 0 Å². The predicted molar refractivity (Wildman–Crippen MR) is 78.3 cm³/mol. The second-order valence-corrected chi connectivity index (χ2v) is 4.71. The Hall–Kier alpha value is -2.56. The summed E-state index contributed by atoms with van der Waals surface area (Å²) in [6.07, 6.45) is 0.377. The molecule has 2 nitrogen and oxygen atoms in total. The average molecular weight is 306 g/mol. The van der Waals surface area contributed by atoms with Crippen LogP contribution in [0.5, 0.6) is 0 Å². The Morgan fingerprint density at radius 3 is 1.59 bits per heavy atom. The highest BCUT2D eigenvalue weighted by atomic mass is 19.4. The molecule has 0 amide bonds. The van der Waals surface area contributed by atoms with Crippen molar-refractivity contribution in [2.24, 2.45) is 0 Å². The fourth-order valence-corrected chi connectivity index (χ4v) is 2.10. The molecule has 0 atom stereocenters. The summed E-state index contributed by atoms with van der Waals surface area (Å²) in [5, 5.41) is 7.12. The molecule has 0 aliphatic heterocycles. The first-order valence-corrected chi connectivity index (χ1v) is 6.52. The molecule has 0 aromatic heterocycles. The first kappa shape index (κ1) is 15.8. The van der Waals surface area contributed by atoms with Crippen LogP contribution in [-0.2, 0) is 11.2 Å². The standard InChI is InChI=1S/C15H12.C2HF3O2/c1-3-7-14-11-15-8-4-2-6-13(15)10-9-12(14)5-1;3-2(4,5)1(6)7/h1-10H,11H2;(H,6,7). The molecule has 2 aromatic rings. The van der Waals surface area contributed by atoms with Crippen molar-refractivity contribution in [3.8, 4) is 0 Å². The highest BCUT2D eigenvalue weighted by molar-refractivity contribution is 5.75. The molecule has 0 radical (unpaired) electrons. The van der Waals surface area contributed by atoms with Crippen molar-refractivity contribution in [3.63, 3.8) is 0 Å². The molecule has 22 heavy (non-hydrogen) atoms. The number of alkyl halides is 3. The zero-order valence-electron chi connectivity index (χ0n) is 11.5. The third-order valence-electron chi connectivity index (χ3n) is 3.18. The van der Waals surface area contributed by atoms with Crippen molar-refractivity contribution in [1.29, 1.82) is 0 Å². The number of carboxylic acid groups (broad SMARTS) is 1. The summed E-state index contributed by atoms with van der Waals surface area (Å²) in [6.45, 7) is 0. The maximum Gasteiger partial charge on any atom is 0.490 e. The van der Waals surface area contributed by atoms with E-state index < -0.39 is 12.1 Å². The fourth-order valence-electron chi connectivity index (χ4n) is 2.10. The summed E-state index contributed by atoms with van der Waals surface area (Å²) in [6, 6.07) is 17.2. The van der Waals surface area contributed by atoms with Crippen LogP contribution in [-0.4, -0.2) is 17.3 Å². The molecule has 0 fully saturated rings. The first-order chi connectivity index (χ1) is 10.4. The number of carbonyl (C=O) groups is 1. The van der Waals surface area contributed by atoms with Crippen molar-refractivity contribution in [1.82, 2.24) is 0 Å². The van der Waals surface area contributed by atoms with Crippen LogP contribution in [0.25, 0.3) is 12.2 Å². The molecule has 1 N–H and O–H groups in total. The van der Waals surface area contributed by atoms with Crippen molar-refractivity contribution in [3.05, 3.63) is 70.8 Å². The minimum atomic E-state index is -5.08.